The van der Waals surface area contributed by atoms with Crippen LogP contribution in [0.4, 0.5) is 5.69 Å². The highest BCUT2D eigenvalue weighted by molar-refractivity contribution is 6.25. The van der Waals surface area contributed by atoms with Gasteiger partial charge in [-0.3, -0.25) is 0 Å². The summed E-state index contributed by atoms with van der Waals surface area (Å²) in [5.41, 5.74) is 1.91. The Bertz CT molecular complexity index is 783. The zero-order valence-electron chi connectivity index (χ0n) is 14.1. The Hall–Kier alpha value is -2.00. The van der Waals surface area contributed by atoms with Crippen LogP contribution in [0.15, 0.2) is 54.6 Å². The molecule has 0 bridgehead atoms. The van der Waals surface area contributed by atoms with Crippen LogP contribution in [-0.4, -0.2) is 26.5 Å². The van der Waals surface area contributed by atoms with Crippen molar-refractivity contribution in [3.05, 3.63) is 60.2 Å². The molecule has 0 spiro atoms. The lowest BCUT2D eigenvalue weighted by atomic mass is 9.65. The lowest BCUT2D eigenvalue weighted by Gasteiger charge is -2.55. The SMILES string of the molecule is CCC1(N2Oc3ccccc3C=[N+]2c2ccccc2)CCC1(C)Cl. The molecule has 0 radical (unpaired) electrons. The summed E-state index contributed by atoms with van der Waals surface area (Å²) in [5.74, 6) is 0.872. The van der Waals surface area contributed by atoms with Crippen LogP contribution in [0.1, 0.15) is 38.7 Å². The molecule has 1 saturated carbocycles. The van der Waals surface area contributed by atoms with E-state index >= 15 is 0 Å². The molecule has 2 aromatic rings. The molecule has 2 atom stereocenters. The fourth-order valence-electron chi connectivity index (χ4n) is 3.78. The van der Waals surface area contributed by atoms with Crippen molar-refractivity contribution in [1.29, 1.82) is 0 Å². The fraction of sp³-hybridized carbons (Fsp3) is 0.350. The van der Waals surface area contributed by atoms with Gasteiger partial charge in [0.25, 0.3) is 0 Å². The molecule has 0 aromatic heterocycles. The molecule has 1 fully saturated rings. The molecule has 2 aromatic carbocycles. The van der Waals surface area contributed by atoms with Crippen molar-refractivity contribution >= 4 is 23.5 Å². The minimum Gasteiger partial charge on any atom is -0.331 e. The van der Waals surface area contributed by atoms with Crippen molar-refractivity contribution in [2.45, 2.75) is 43.5 Å². The van der Waals surface area contributed by atoms with Gasteiger partial charge in [0.05, 0.1) is 10.4 Å². The Morgan fingerprint density at radius 1 is 1.08 bits per heavy atom. The summed E-state index contributed by atoms with van der Waals surface area (Å²) >= 11 is 6.88. The third-order valence-corrected chi connectivity index (χ3v) is 6.05. The number of benzene rings is 2. The molecule has 4 rings (SSSR count). The number of halogens is 1. The molecular formula is C20H22ClN2O+. The highest BCUT2D eigenvalue weighted by Crippen LogP contribution is 2.54. The zero-order chi connectivity index (χ0) is 16.8. The number of fused-ring (bicyclic) bond motifs is 1. The first kappa shape index (κ1) is 15.5. The van der Waals surface area contributed by atoms with Gasteiger partial charge in [0.15, 0.2) is 11.3 Å². The molecule has 1 heterocycles. The number of hydroxylamine groups is 1. The third-order valence-electron chi connectivity index (χ3n) is 5.51. The van der Waals surface area contributed by atoms with Gasteiger partial charge in [0, 0.05) is 17.3 Å². The van der Waals surface area contributed by atoms with Crippen LogP contribution in [0, 0.1) is 0 Å². The molecule has 0 amide bonds. The average molecular weight is 342 g/mol. The van der Waals surface area contributed by atoms with Crippen LogP contribution < -0.4 is 4.84 Å². The maximum Gasteiger partial charge on any atom is 0.238 e. The number of para-hydroxylation sites is 2. The van der Waals surface area contributed by atoms with E-state index in [0.717, 1.165) is 36.3 Å². The van der Waals surface area contributed by atoms with Gasteiger partial charge in [0.1, 0.15) is 0 Å². The molecule has 2 unspecified atom stereocenters. The second-order valence-corrected chi connectivity index (χ2v) is 7.63. The van der Waals surface area contributed by atoms with Crippen LogP contribution in [0.5, 0.6) is 5.75 Å². The summed E-state index contributed by atoms with van der Waals surface area (Å²) in [6.07, 6.45) is 5.07. The van der Waals surface area contributed by atoms with Crippen LogP contribution in [0.3, 0.4) is 0 Å². The van der Waals surface area contributed by atoms with Gasteiger partial charge < -0.3 is 4.84 Å². The number of hydrogen-bond donors (Lipinski definition) is 0. The molecule has 2 aliphatic rings. The van der Waals surface area contributed by atoms with E-state index in [1.54, 1.807) is 0 Å². The molecule has 0 N–H and O–H groups in total. The average Bonchev–Trinajstić information content (AvgIpc) is 2.62. The number of nitrogens with zero attached hydrogens (tertiary/aromatic N) is 2. The van der Waals surface area contributed by atoms with Crippen molar-refractivity contribution < 1.29 is 9.52 Å². The molecule has 3 nitrogen and oxygen atoms in total. The van der Waals surface area contributed by atoms with Crippen LogP contribution in [-0.2, 0) is 0 Å². The van der Waals surface area contributed by atoms with Gasteiger partial charge in [0.2, 0.25) is 11.9 Å². The van der Waals surface area contributed by atoms with E-state index in [2.05, 4.69) is 42.9 Å². The van der Waals surface area contributed by atoms with E-state index in [1.807, 2.05) is 41.6 Å². The first-order valence-electron chi connectivity index (χ1n) is 8.53. The number of hydrazone groups is 1. The Balaban J connectivity index is 1.87. The number of hydrogen-bond acceptors (Lipinski definition) is 2. The van der Waals surface area contributed by atoms with Crippen LogP contribution >= 0.6 is 11.6 Å². The monoisotopic (exact) mass is 341 g/mol. The fourth-order valence-corrected chi connectivity index (χ4v) is 4.17. The Morgan fingerprint density at radius 3 is 2.42 bits per heavy atom. The molecule has 24 heavy (non-hydrogen) atoms. The second-order valence-electron chi connectivity index (χ2n) is 6.79. The third kappa shape index (κ3) is 2.15. The van der Waals surface area contributed by atoms with E-state index < -0.39 is 0 Å². The maximum atomic E-state index is 6.88. The summed E-state index contributed by atoms with van der Waals surface area (Å²) in [6, 6.07) is 18.4. The van der Waals surface area contributed by atoms with E-state index in [4.69, 9.17) is 16.4 Å². The van der Waals surface area contributed by atoms with Crippen LogP contribution in [0.25, 0.3) is 0 Å². The van der Waals surface area contributed by atoms with Crippen molar-refractivity contribution in [2.24, 2.45) is 0 Å². The summed E-state index contributed by atoms with van der Waals surface area (Å²) in [7, 11) is 0. The first-order valence-corrected chi connectivity index (χ1v) is 8.90. The van der Waals surface area contributed by atoms with Gasteiger partial charge in [-0.2, -0.15) is 0 Å². The second kappa shape index (κ2) is 5.52. The van der Waals surface area contributed by atoms with Gasteiger partial charge >= 0.3 is 0 Å². The quantitative estimate of drug-likeness (QED) is 0.582. The standard InChI is InChI=1S/C20H22ClN2O/c1-3-20(14-13-19(20,2)21)23-22(17-10-5-4-6-11-17)15-16-9-7-8-12-18(16)24-23/h4-12,15H,3,13-14H2,1-2H3/q+1. The maximum absolute atomic E-state index is 6.88. The van der Waals surface area contributed by atoms with Gasteiger partial charge in [-0.15, -0.1) is 11.6 Å². The largest absolute Gasteiger partial charge is 0.331 e. The summed E-state index contributed by atoms with van der Waals surface area (Å²) in [4.78, 5) is 6.07. The summed E-state index contributed by atoms with van der Waals surface area (Å²) in [5, 5.41) is 2.00. The Labute approximate surface area is 148 Å². The summed E-state index contributed by atoms with van der Waals surface area (Å²) < 4.78 is 2.10. The number of hydrazine groups is 1. The minimum atomic E-state index is -0.311. The topological polar surface area (TPSA) is 15.5 Å². The van der Waals surface area contributed by atoms with E-state index in [1.165, 1.54) is 0 Å². The normalized spacial score (nSPS) is 28.5. The van der Waals surface area contributed by atoms with Gasteiger partial charge in [-0.25, -0.2) is 0 Å². The van der Waals surface area contributed by atoms with E-state index in [-0.39, 0.29) is 10.4 Å². The zero-order valence-corrected chi connectivity index (χ0v) is 14.8. The van der Waals surface area contributed by atoms with Crippen molar-refractivity contribution in [3.8, 4) is 5.75 Å². The molecule has 1 aliphatic heterocycles. The Morgan fingerprint density at radius 2 is 1.79 bits per heavy atom. The number of rotatable bonds is 3. The first-order chi connectivity index (χ1) is 11.6. The molecule has 1 aliphatic carbocycles. The lowest BCUT2D eigenvalue weighted by Crippen LogP contribution is -2.70. The highest BCUT2D eigenvalue weighted by Gasteiger charge is 2.64. The van der Waals surface area contributed by atoms with Crippen molar-refractivity contribution in [3.63, 3.8) is 0 Å². The van der Waals surface area contributed by atoms with Gasteiger partial charge in [-0.1, -0.05) is 37.3 Å². The summed E-state index contributed by atoms with van der Waals surface area (Å²) in [6.45, 7) is 4.31. The number of alkyl halides is 1. The lowest BCUT2D eigenvalue weighted by molar-refractivity contribution is -0.717. The smallest absolute Gasteiger partial charge is 0.238 e. The van der Waals surface area contributed by atoms with Crippen molar-refractivity contribution in [2.75, 3.05) is 0 Å². The molecular weight excluding hydrogens is 320 g/mol. The van der Waals surface area contributed by atoms with Crippen molar-refractivity contribution in [1.82, 2.24) is 5.17 Å². The molecule has 0 saturated heterocycles. The highest BCUT2D eigenvalue weighted by atomic mass is 35.5. The van der Waals surface area contributed by atoms with Crippen LogP contribution in [0.2, 0.25) is 0 Å². The van der Waals surface area contributed by atoms with E-state index in [0.29, 0.717) is 0 Å². The Kier molecular flexibility index (Phi) is 3.57. The van der Waals surface area contributed by atoms with Gasteiger partial charge in [-0.05, 0) is 43.0 Å². The van der Waals surface area contributed by atoms with E-state index in [9.17, 15) is 0 Å². The molecule has 4 heteroatoms. The predicted molar refractivity (Wildman–Crippen MR) is 97.0 cm³/mol. The minimum absolute atomic E-state index is 0.228. The molecule has 124 valence electrons. The predicted octanol–water partition coefficient (Wildman–Crippen LogP) is 4.91.